The van der Waals surface area contributed by atoms with Crippen molar-refractivity contribution in [1.29, 1.82) is 0 Å². The van der Waals surface area contributed by atoms with E-state index in [2.05, 4.69) is 5.32 Å². The molecule has 5 nitrogen and oxygen atoms in total. The quantitative estimate of drug-likeness (QED) is 0.713. The average Bonchev–Trinajstić information content (AvgIpc) is 2.64. The topological polar surface area (TPSA) is 75.6 Å². The van der Waals surface area contributed by atoms with Gasteiger partial charge in [-0.3, -0.25) is 9.59 Å². The lowest BCUT2D eigenvalue weighted by atomic mass is 10.0. The van der Waals surface area contributed by atoms with E-state index in [0.29, 0.717) is 25.1 Å². The summed E-state index contributed by atoms with van der Waals surface area (Å²) in [7, 11) is 0. The molecule has 0 saturated carbocycles. The van der Waals surface area contributed by atoms with Crippen LogP contribution in [0.2, 0.25) is 0 Å². The third-order valence-corrected chi connectivity index (χ3v) is 4.20. The van der Waals surface area contributed by atoms with Gasteiger partial charge in [0, 0.05) is 11.6 Å². The standard InChI is InChI=1S/C21H25NO4/c1-15(12-13-26-19-6-4-3-5-7-19)20(23)22-18-10-8-17(9-11-18)14-16(2)21(24)25/h3-11,15-16H,12-14H2,1-2H3,(H,22,23)(H,24,25). The van der Waals surface area contributed by atoms with Crippen LogP contribution in [0.3, 0.4) is 0 Å². The molecule has 0 aliphatic rings. The highest BCUT2D eigenvalue weighted by atomic mass is 16.5. The summed E-state index contributed by atoms with van der Waals surface area (Å²) in [6, 6.07) is 16.8. The number of carbonyl (C=O) groups is 2. The number of carboxylic acids is 1. The van der Waals surface area contributed by atoms with E-state index in [1.807, 2.05) is 49.4 Å². The van der Waals surface area contributed by atoms with Gasteiger partial charge in [-0.05, 0) is 42.7 Å². The van der Waals surface area contributed by atoms with Gasteiger partial charge in [0.1, 0.15) is 5.75 Å². The van der Waals surface area contributed by atoms with Crippen molar-refractivity contribution in [3.05, 3.63) is 60.2 Å². The van der Waals surface area contributed by atoms with Gasteiger partial charge in [0.25, 0.3) is 0 Å². The number of hydrogen-bond donors (Lipinski definition) is 2. The lowest BCUT2D eigenvalue weighted by Gasteiger charge is -2.13. The second kappa shape index (κ2) is 9.61. The summed E-state index contributed by atoms with van der Waals surface area (Å²) >= 11 is 0. The monoisotopic (exact) mass is 355 g/mol. The molecule has 0 aromatic heterocycles. The molecular weight excluding hydrogens is 330 g/mol. The van der Waals surface area contributed by atoms with Crippen molar-refractivity contribution in [2.24, 2.45) is 11.8 Å². The van der Waals surface area contributed by atoms with Gasteiger partial charge >= 0.3 is 5.97 Å². The summed E-state index contributed by atoms with van der Waals surface area (Å²) in [4.78, 5) is 23.2. The maximum atomic E-state index is 12.3. The molecule has 1 amide bonds. The molecule has 0 bridgehead atoms. The largest absolute Gasteiger partial charge is 0.494 e. The first-order valence-electron chi connectivity index (χ1n) is 8.76. The summed E-state index contributed by atoms with van der Waals surface area (Å²) in [5, 5.41) is 11.8. The minimum atomic E-state index is -0.811. The average molecular weight is 355 g/mol. The Bertz CT molecular complexity index is 713. The van der Waals surface area contributed by atoms with Crippen LogP contribution in [0.15, 0.2) is 54.6 Å². The van der Waals surface area contributed by atoms with E-state index in [1.54, 1.807) is 19.1 Å². The Morgan fingerprint density at radius 2 is 1.65 bits per heavy atom. The van der Waals surface area contributed by atoms with E-state index in [0.717, 1.165) is 11.3 Å². The number of amides is 1. The minimum absolute atomic E-state index is 0.0617. The number of benzene rings is 2. The highest BCUT2D eigenvalue weighted by Crippen LogP contribution is 2.16. The second-order valence-corrected chi connectivity index (χ2v) is 6.48. The van der Waals surface area contributed by atoms with E-state index in [4.69, 9.17) is 9.84 Å². The Morgan fingerprint density at radius 1 is 1.00 bits per heavy atom. The highest BCUT2D eigenvalue weighted by Gasteiger charge is 2.14. The van der Waals surface area contributed by atoms with Crippen molar-refractivity contribution in [2.45, 2.75) is 26.7 Å². The summed E-state index contributed by atoms with van der Waals surface area (Å²) < 4.78 is 5.62. The molecule has 0 radical (unpaired) electrons. The van der Waals surface area contributed by atoms with Crippen LogP contribution < -0.4 is 10.1 Å². The maximum absolute atomic E-state index is 12.3. The SMILES string of the molecule is CC(Cc1ccc(NC(=O)C(C)CCOc2ccccc2)cc1)C(=O)O. The van der Waals surface area contributed by atoms with Gasteiger partial charge in [0.2, 0.25) is 5.91 Å². The van der Waals surface area contributed by atoms with Crippen LogP contribution in [0.25, 0.3) is 0 Å². The molecule has 0 heterocycles. The number of ether oxygens (including phenoxy) is 1. The Balaban J connectivity index is 1.78. The molecule has 26 heavy (non-hydrogen) atoms. The molecule has 5 heteroatoms. The fraction of sp³-hybridized carbons (Fsp3) is 0.333. The molecule has 138 valence electrons. The molecule has 2 aromatic carbocycles. The van der Waals surface area contributed by atoms with Crippen LogP contribution in [0, 0.1) is 11.8 Å². The zero-order chi connectivity index (χ0) is 18.9. The fourth-order valence-corrected chi connectivity index (χ4v) is 2.43. The number of aliphatic carboxylic acids is 1. The minimum Gasteiger partial charge on any atom is -0.494 e. The van der Waals surface area contributed by atoms with Gasteiger partial charge in [-0.1, -0.05) is 44.2 Å². The van der Waals surface area contributed by atoms with Crippen molar-refractivity contribution in [1.82, 2.24) is 0 Å². The predicted octanol–water partition coefficient (Wildman–Crippen LogP) is 3.99. The smallest absolute Gasteiger partial charge is 0.306 e. The van der Waals surface area contributed by atoms with Crippen LogP contribution in [0.1, 0.15) is 25.8 Å². The first kappa shape index (κ1) is 19.5. The molecule has 2 N–H and O–H groups in total. The lowest BCUT2D eigenvalue weighted by molar-refractivity contribution is -0.141. The van der Waals surface area contributed by atoms with E-state index in [9.17, 15) is 9.59 Å². The zero-order valence-corrected chi connectivity index (χ0v) is 15.1. The van der Waals surface area contributed by atoms with E-state index in [1.165, 1.54) is 0 Å². The first-order valence-corrected chi connectivity index (χ1v) is 8.76. The summed E-state index contributed by atoms with van der Waals surface area (Å²) in [5.74, 6) is -0.681. The number of carboxylic acid groups (broad SMARTS) is 1. The highest BCUT2D eigenvalue weighted by molar-refractivity contribution is 5.92. The Kier molecular flexibility index (Phi) is 7.21. The van der Waals surface area contributed by atoms with Gasteiger partial charge in [0.15, 0.2) is 0 Å². The fourth-order valence-electron chi connectivity index (χ4n) is 2.43. The van der Waals surface area contributed by atoms with Gasteiger partial charge in [-0.15, -0.1) is 0 Å². The maximum Gasteiger partial charge on any atom is 0.306 e. The van der Waals surface area contributed by atoms with Crippen LogP contribution in [-0.4, -0.2) is 23.6 Å². The third kappa shape index (κ3) is 6.24. The summed E-state index contributed by atoms with van der Waals surface area (Å²) in [6.07, 6.45) is 1.09. The molecule has 2 atom stereocenters. The number of rotatable bonds is 9. The van der Waals surface area contributed by atoms with Crippen LogP contribution in [0.5, 0.6) is 5.75 Å². The number of anilines is 1. The summed E-state index contributed by atoms with van der Waals surface area (Å²) in [6.45, 7) is 4.02. The van der Waals surface area contributed by atoms with E-state index in [-0.39, 0.29) is 11.8 Å². The first-order chi connectivity index (χ1) is 12.5. The Morgan fingerprint density at radius 3 is 2.27 bits per heavy atom. The third-order valence-electron chi connectivity index (χ3n) is 4.20. The molecule has 0 aliphatic carbocycles. The lowest BCUT2D eigenvalue weighted by Crippen LogP contribution is -2.22. The molecule has 2 aromatic rings. The molecule has 0 aliphatic heterocycles. The van der Waals surface area contributed by atoms with Gasteiger partial charge in [0.05, 0.1) is 12.5 Å². The number of hydrogen-bond acceptors (Lipinski definition) is 3. The normalized spacial score (nSPS) is 12.8. The van der Waals surface area contributed by atoms with Crippen LogP contribution in [0.4, 0.5) is 5.69 Å². The van der Waals surface area contributed by atoms with Crippen molar-refractivity contribution in [2.75, 3.05) is 11.9 Å². The number of para-hydroxylation sites is 1. The Hall–Kier alpha value is -2.82. The Labute approximate surface area is 154 Å². The van der Waals surface area contributed by atoms with E-state index >= 15 is 0 Å². The number of nitrogens with one attached hydrogen (secondary N) is 1. The second-order valence-electron chi connectivity index (χ2n) is 6.48. The van der Waals surface area contributed by atoms with Gasteiger partial charge in [-0.25, -0.2) is 0 Å². The molecule has 2 unspecified atom stereocenters. The predicted molar refractivity (Wildman–Crippen MR) is 101 cm³/mol. The summed E-state index contributed by atoms with van der Waals surface area (Å²) in [5.41, 5.74) is 1.64. The van der Waals surface area contributed by atoms with Crippen molar-refractivity contribution in [3.8, 4) is 5.75 Å². The number of carbonyl (C=O) groups excluding carboxylic acids is 1. The van der Waals surface area contributed by atoms with Crippen molar-refractivity contribution < 1.29 is 19.4 Å². The van der Waals surface area contributed by atoms with Crippen LogP contribution in [-0.2, 0) is 16.0 Å². The molecule has 2 rings (SSSR count). The van der Waals surface area contributed by atoms with Gasteiger partial charge in [-0.2, -0.15) is 0 Å². The zero-order valence-electron chi connectivity index (χ0n) is 15.1. The van der Waals surface area contributed by atoms with E-state index < -0.39 is 11.9 Å². The van der Waals surface area contributed by atoms with Crippen LogP contribution >= 0.6 is 0 Å². The molecule has 0 fully saturated rings. The molecular formula is C21H25NO4. The molecule has 0 saturated heterocycles. The molecule has 0 spiro atoms. The van der Waals surface area contributed by atoms with Crippen molar-refractivity contribution >= 4 is 17.6 Å². The van der Waals surface area contributed by atoms with Gasteiger partial charge < -0.3 is 15.2 Å². The van der Waals surface area contributed by atoms with Crippen molar-refractivity contribution in [3.63, 3.8) is 0 Å².